The fourth-order valence-electron chi connectivity index (χ4n) is 3.58. The Hall–Kier alpha value is -4.28. The third kappa shape index (κ3) is 6.19. The Balaban J connectivity index is 2.06. The van der Waals surface area contributed by atoms with Crippen molar-refractivity contribution in [2.75, 3.05) is 5.32 Å². The van der Waals surface area contributed by atoms with E-state index in [4.69, 9.17) is 11.6 Å². The van der Waals surface area contributed by atoms with Gasteiger partial charge < -0.3 is 5.32 Å². The maximum atomic E-state index is 12.4. The number of carbonyl (C=O) groups excluding carboxylic acids is 2. The molecule has 3 aromatic carbocycles. The molecule has 0 atom stereocenters. The van der Waals surface area contributed by atoms with Crippen LogP contribution in [0.5, 0.6) is 0 Å². The van der Waals surface area contributed by atoms with Gasteiger partial charge in [-0.15, -0.1) is 0 Å². The van der Waals surface area contributed by atoms with Gasteiger partial charge in [0.1, 0.15) is 0 Å². The Morgan fingerprint density at radius 1 is 1.00 bits per heavy atom. The van der Waals surface area contributed by atoms with Gasteiger partial charge in [-0.05, 0) is 89.3 Å². The molecule has 35 heavy (non-hydrogen) atoms. The highest BCUT2D eigenvalue weighted by atomic mass is 35.5. The third-order valence-corrected chi connectivity index (χ3v) is 5.65. The molecule has 1 amide bonds. The van der Waals surface area contributed by atoms with Crippen LogP contribution in [0.15, 0.2) is 96.7 Å². The molecule has 0 aliphatic carbocycles. The highest BCUT2D eigenvalue weighted by molar-refractivity contribution is 6.33. The lowest BCUT2D eigenvalue weighted by molar-refractivity contribution is -0.111. The van der Waals surface area contributed by atoms with Crippen LogP contribution in [0.3, 0.4) is 0 Å². The van der Waals surface area contributed by atoms with Crippen LogP contribution in [0.4, 0.5) is 5.69 Å². The predicted molar refractivity (Wildman–Crippen MR) is 148 cm³/mol. The van der Waals surface area contributed by atoms with Gasteiger partial charge in [-0.25, -0.2) is 0 Å². The first-order valence-corrected chi connectivity index (χ1v) is 11.2. The average molecular weight is 481 g/mol. The molecule has 0 bridgehead atoms. The molecule has 0 saturated carbocycles. The van der Waals surface area contributed by atoms with E-state index < -0.39 is 0 Å². The summed E-state index contributed by atoms with van der Waals surface area (Å²) in [4.78, 5) is 27.8. The molecular weight excluding hydrogens is 456 g/mol. The minimum atomic E-state index is -0.280. The van der Waals surface area contributed by atoms with Gasteiger partial charge in [0.15, 0.2) is 5.78 Å². The van der Waals surface area contributed by atoms with Crippen molar-refractivity contribution in [1.82, 2.24) is 0 Å². The van der Waals surface area contributed by atoms with Crippen molar-refractivity contribution in [3.8, 4) is 22.3 Å². The minimum absolute atomic E-state index is 0.165. The molecule has 1 N–H and O–H groups in total. The molecule has 0 aromatic heterocycles. The topological polar surface area (TPSA) is 58.5 Å². The first kappa shape index (κ1) is 25.3. The number of amides is 1. The molecule has 4 nitrogen and oxygen atoms in total. The van der Waals surface area contributed by atoms with Crippen molar-refractivity contribution in [2.24, 2.45) is 4.99 Å². The molecule has 0 saturated heterocycles. The van der Waals surface area contributed by atoms with Crippen molar-refractivity contribution in [2.45, 2.75) is 6.92 Å². The minimum Gasteiger partial charge on any atom is -0.323 e. The molecule has 0 aliphatic heterocycles. The van der Waals surface area contributed by atoms with Gasteiger partial charge in [0.25, 0.3) is 0 Å². The molecule has 174 valence electrons. The Morgan fingerprint density at radius 3 is 2.49 bits per heavy atom. The first-order valence-electron chi connectivity index (χ1n) is 10.8. The van der Waals surface area contributed by atoms with Crippen LogP contribution in [0, 0.1) is 0 Å². The number of carbonyl (C=O) groups is 2. The number of nitrogens with zero attached hydrogens (tertiary/aromatic N) is 1. The number of benzene rings is 3. The Bertz CT molecular complexity index is 1480. The van der Waals surface area contributed by atoms with Gasteiger partial charge >= 0.3 is 0 Å². The number of ketones is 1. The Kier molecular flexibility index (Phi) is 8.49. The summed E-state index contributed by atoms with van der Waals surface area (Å²) in [5, 5.41) is 5.07. The van der Waals surface area contributed by atoms with Crippen LogP contribution in [0.2, 0.25) is 5.02 Å². The quantitative estimate of drug-likeness (QED) is 0.187. The number of rotatable bonds is 8. The molecule has 3 rings (SSSR count). The second-order valence-corrected chi connectivity index (χ2v) is 8.00. The standard InChI is InChI=1S/C30H25ClN2O2/c1-5-21-16-24(26-14-13-23(19-28(26)31)29(34)12-7-8-15-32-4)18-27(20(21)3)22-10-9-11-25(17-22)33-30(35)6-2/h5-19H,2-4H2,1H3,(H,33,35)/b12-7-,15-8-,21-5-. The summed E-state index contributed by atoms with van der Waals surface area (Å²) < 4.78 is 0. The lowest BCUT2D eigenvalue weighted by Crippen LogP contribution is -2.25. The molecule has 0 unspecified atom stereocenters. The van der Waals surface area contributed by atoms with Gasteiger partial charge in [0, 0.05) is 28.0 Å². The van der Waals surface area contributed by atoms with Gasteiger partial charge in [-0.1, -0.05) is 61.2 Å². The van der Waals surface area contributed by atoms with E-state index >= 15 is 0 Å². The molecule has 0 radical (unpaired) electrons. The molecule has 3 aromatic rings. The zero-order valence-electron chi connectivity index (χ0n) is 19.4. The van der Waals surface area contributed by atoms with E-state index in [1.807, 2.05) is 55.5 Å². The molecule has 0 fully saturated rings. The van der Waals surface area contributed by atoms with Crippen molar-refractivity contribution in [3.63, 3.8) is 0 Å². The van der Waals surface area contributed by atoms with Crippen LogP contribution < -0.4 is 15.8 Å². The summed E-state index contributed by atoms with van der Waals surface area (Å²) in [5.41, 5.74) is 4.64. The van der Waals surface area contributed by atoms with E-state index in [9.17, 15) is 9.59 Å². The van der Waals surface area contributed by atoms with E-state index in [0.29, 0.717) is 16.3 Å². The average Bonchev–Trinajstić information content (AvgIpc) is 2.86. The summed E-state index contributed by atoms with van der Waals surface area (Å²) in [6, 6.07) is 16.8. The SMILES string of the molecule is C=CC(=O)Nc1cccc(-c2cc(-c3ccc(C(=O)/C=C\C=C/N=C)cc3Cl)c/c(=C/C)c2=C)c1. The van der Waals surface area contributed by atoms with Crippen molar-refractivity contribution < 1.29 is 9.59 Å². The van der Waals surface area contributed by atoms with Crippen LogP contribution >= 0.6 is 11.6 Å². The third-order valence-electron chi connectivity index (χ3n) is 5.34. The van der Waals surface area contributed by atoms with Crippen molar-refractivity contribution in [1.29, 1.82) is 0 Å². The summed E-state index contributed by atoms with van der Waals surface area (Å²) >= 11 is 6.63. The lowest BCUT2D eigenvalue weighted by atomic mass is 9.95. The fraction of sp³-hybridized carbons (Fsp3) is 0.0333. The number of allylic oxidation sites excluding steroid dienone is 3. The normalized spacial score (nSPS) is 11.7. The number of hydrogen-bond acceptors (Lipinski definition) is 3. The lowest BCUT2D eigenvalue weighted by Gasteiger charge is -2.12. The Labute approximate surface area is 210 Å². The largest absolute Gasteiger partial charge is 0.323 e. The monoisotopic (exact) mass is 480 g/mol. The van der Waals surface area contributed by atoms with Crippen molar-refractivity contribution >= 4 is 48.4 Å². The summed E-state index contributed by atoms with van der Waals surface area (Å²) in [6.45, 7) is 13.1. The Morgan fingerprint density at radius 2 is 1.80 bits per heavy atom. The maximum Gasteiger partial charge on any atom is 0.247 e. The second kappa shape index (κ2) is 11.7. The number of halogens is 1. The fourth-order valence-corrected chi connectivity index (χ4v) is 3.86. The highest BCUT2D eigenvalue weighted by Crippen LogP contribution is 2.30. The molecule has 5 heteroatoms. The number of anilines is 1. The smallest absolute Gasteiger partial charge is 0.247 e. The zero-order chi connectivity index (χ0) is 25.4. The summed E-state index contributed by atoms with van der Waals surface area (Å²) in [6.07, 6.45) is 9.39. The predicted octanol–water partition coefficient (Wildman–Crippen LogP) is 5.96. The zero-order valence-corrected chi connectivity index (χ0v) is 20.2. The van der Waals surface area contributed by atoms with Crippen molar-refractivity contribution in [3.05, 3.63) is 113 Å². The van der Waals surface area contributed by atoms with Crippen LogP contribution in [-0.4, -0.2) is 18.4 Å². The van der Waals surface area contributed by atoms with Gasteiger partial charge in [0.2, 0.25) is 5.91 Å². The summed E-state index contributed by atoms with van der Waals surface area (Å²) in [7, 11) is 0. The maximum absolute atomic E-state index is 12.4. The van der Waals surface area contributed by atoms with E-state index in [2.05, 4.69) is 30.2 Å². The van der Waals surface area contributed by atoms with E-state index in [-0.39, 0.29) is 11.7 Å². The van der Waals surface area contributed by atoms with Crippen LogP contribution in [0.25, 0.3) is 34.9 Å². The first-order chi connectivity index (χ1) is 16.9. The number of nitrogens with one attached hydrogen (secondary N) is 1. The van der Waals surface area contributed by atoms with Crippen LogP contribution in [0.1, 0.15) is 17.3 Å². The van der Waals surface area contributed by atoms with Gasteiger partial charge in [-0.3, -0.25) is 14.6 Å². The molecular formula is C30H25ClN2O2. The summed E-state index contributed by atoms with van der Waals surface area (Å²) in [5.74, 6) is -0.445. The second-order valence-electron chi connectivity index (χ2n) is 7.60. The van der Waals surface area contributed by atoms with Gasteiger partial charge in [-0.2, -0.15) is 0 Å². The number of aliphatic imine (C=N–C) groups is 1. The van der Waals surface area contributed by atoms with E-state index in [0.717, 1.165) is 32.7 Å². The molecule has 0 spiro atoms. The highest BCUT2D eigenvalue weighted by Gasteiger charge is 2.11. The van der Waals surface area contributed by atoms with E-state index in [1.165, 1.54) is 18.4 Å². The molecule has 0 aliphatic rings. The number of hydrogen-bond donors (Lipinski definition) is 1. The van der Waals surface area contributed by atoms with E-state index in [1.54, 1.807) is 24.3 Å². The van der Waals surface area contributed by atoms with Crippen LogP contribution in [-0.2, 0) is 4.79 Å². The molecule has 0 heterocycles. The van der Waals surface area contributed by atoms with Gasteiger partial charge in [0.05, 0.1) is 0 Å².